The molecule has 0 heterocycles. The molecule has 0 atom stereocenters. The van der Waals surface area contributed by atoms with E-state index in [1.807, 2.05) is 6.07 Å². The summed E-state index contributed by atoms with van der Waals surface area (Å²) in [5.74, 6) is 2.11. The van der Waals surface area contributed by atoms with E-state index in [4.69, 9.17) is 0 Å². The van der Waals surface area contributed by atoms with E-state index >= 15 is 0 Å². The Bertz CT molecular complexity index is 463. The first-order valence-electron chi connectivity index (χ1n) is 9.94. The Hall–Kier alpha value is -1.18. The van der Waals surface area contributed by atoms with Gasteiger partial charge in [-0.1, -0.05) is 72.3 Å². The molecule has 0 radical (unpaired) electrons. The van der Waals surface area contributed by atoms with E-state index in [-0.39, 0.29) is 5.75 Å². The van der Waals surface area contributed by atoms with Crippen LogP contribution < -0.4 is 0 Å². The first-order valence-corrected chi connectivity index (χ1v) is 9.94. The second-order valence-electron chi connectivity index (χ2n) is 8.06. The first kappa shape index (κ1) is 20.9. The van der Waals surface area contributed by atoms with E-state index in [1.165, 1.54) is 32.1 Å². The van der Waals surface area contributed by atoms with Gasteiger partial charge in [-0.25, -0.2) is 0 Å². The van der Waals surface area contributed by atoms with Gasteiger partial charge in [-0.2, -0.15) is 0 Å². The SMILES string of the molecule is CC(C)CCCCCc1ccc(O)c(CCCCCC(C)C)c1O. The Labute approximate surface area is 149 Å². The normalized spacial score (nSPS) is 11.6. The van der Waals surface area contributed by atoms with Crippen LogP contribution >= 0.6 is 0 Å². The van der Waals surface area contributed by atoms with Crippen LogP contribution in [0.25, 0.3) is 0 Å². The summed E-state index contributed by atoms with van der Waals surface area (Å²) in [4.78, 5) is 0. The molecule has 0 saturated heterocycles. The van der Waals surface area contributed by atoms with Gasteiger partial charge in [0.05, 0.1) is 0 Å². The van der Waals surface area contributed by atoms with E-state index in [9.17, 15) is 10.2 Å². The smallest absolute Gasteiger partial charge is 0.125 e. The predicted molar refractivity (Wildman–Crippen MR) is 104 cm³/mol. The van der Waals surface area contributed by atoms with Crippen LogP contribution in [0.5, 0.6) is 11.5 Å². The summed E-state index contributed by atoms with van der Waals surface area (Å²) in [6, 6.07) is 3.64. The third kappa shape index (κ3) is 8.08. The van der Waals surface area contributed by atoms with Gasteiger partial charge in [0.2, 0.25) is 0 Å². The molecule has 0 aromatic heterocycles. The standard InChI is InChI=1S/C22H38O2/c1-17(2)11-7-5-9-13-19-15-16-21(23)20(22(19)24)14-10-6-8-12-18(3)4/h15-18,23-24H,5-14H2,1-4H3. The lowest BCUT2D eigenvalue weighted by atomic mass is 9.97. The zero-order valence-electron chi connectivity index (χ0n) is 16.3. The van der Waals surface area contributed by atoms with Crippen LogP contribution in [-0.4, -0.2) is 10.2 Å². The molecule has 0 amide bonds. The molecular weight excluding hydrogens is 296 g/mol. The molecule has 0 fully saturated rings. The molecule has 0 aliphatic rings. The van der Waals surface area contributed by atoms with Crippen molar-refractivity contribution in [1.29, 1.82) is 0 Å². The lowest BCUT2D eigenvalue weighted by molar-refractivity contribution is 0.429. The average Bonchev–Trinajstić information content (AvgIpc) is 2.51. The summed E-state index contributed by atoms with van der Waals surface area (Å²) in [6.07, 6.45) is 11.2. The maximum absolute atomic E-state index is 10.5. The lowest BCUT2D eigenvalue weighted by Crippen LogP contribution is -1.95. The number of benzene rings is 1. The van der Waals surface area contributed by atoms with Crippen LogP contribution in [0, 0.1) is 11.8 Å². The highest BCUT2D eigenvalue weighted by Crippen LogP contribution is 2.33. The van der Waals surface area contributed by atoms with Crippen molar-refractivity contribution in [3.05, 3.63) is 23.3 Å². The first-order chi connectivity index (χ1) is 11.4. The van der Waals surface area contributed by atoms with E-state index in [2.05, 4.69) is 27.7 Å². The molecule has 24 heavy (non-hydrogen) atoms. The third-order valence-electron chi connectivity index (χ3n) is 4.78. The minimum absolute atomic E-state index is 0.250. The molecule has 0 saturated carbocycles. The van der Waals surface area contributed by atoms with Gasteiger partial charge < -0.3 is 10.2 Å². The fourth-order valence-corrected chi connectivity index (χ4v) is 3.20. The van der Waals surface area contributed by atoms with Gasteiger partial charge in [0, 0.05) is 5.56 Å². The number of phenols is 2. The molecule has 2 nitrogen and oxygen atoms in total. The zero-order chi connectivity index (χ0) is 17.9. The largest absolute Gasteiger partial charge is 0.508 e. The molecular formula is C22H38O2. The molecule has 0 aliphatic carbocycles. The molecule has 0 spiro atoms. The van der Waals surface area contributed by atoms with Crippen LogP contribution in [-0.2, 0) is 12.8 Å². The molecule has 0 aliphatic heterocycles. The van der Waals surface area contributed by atoms with E-state index in [0.29, 0.717) is 5.75 Å². The van der Waals surface area contributed by atoms with Crippen LogP contribution in [0.1, 0.15) is 90.2 Å². The van der Waals surface area contributed by atoms with E-state index < -0.39 is 0 Å². The fourth-order valence-electron chi connectivity index (χ4n) is 3.20. The summed E-state index contributed by atoms with van der Waals surface area (Å²) < 4.78 is 0. The average molecular weight is 335 g/mol. The summed E-state index contributed by atoms with van der Waals surface area (Å²) in [6.45, 7) is 9.03. The molecule has 138 valence electrons. The Balaban J connectivity index is 2.45. The molecule has 0 bridgehead atoms. The van der Waals surface area contributed by atoms with Gasteiger partial charge in [0.1, 0.15) is 11.5 Å². The molecule has 1 aromatic rings. The summed E-state index contributed by atoms with van der Waals surface area (Å²) in [5.41, 5.74) is 1.74. The monoisotopic (exact) mass is 334 g/mol. The Morgan fingerprint density at radius 1 is 0.708 bits per heavy atom. The highest BCUT2D eigenvalue weighted by molar-refractivity contribution is 5.48. The third-order valence-corrected chi connectivity index (χ3v) is 4.78. The number of hydrogen-bond acceptors (Lipinski definition) is 2. The van der Waals surface area contributed by atoms with Crippen LogP contribution in [0.4, 0.5) is 0 Å². The molecule has 2 N–H and O–H groups in total. The number of hydrogen-bond donors (Lipinski definition) is 2. The number of rotatable bonds is 12. The van der Waals surface area contributed by atoms with Gasteiger partial charge in [-0.3, -0.25) is 0 Å². The Morgan fingerprint density at radius 2 is 1.25 bits per heavy atom. The molecule has 1 aromatic carbocycles. The topological polar surface area (TPSA) is 40.5 Å². The number of aryl methyl sites for hydroxylation is 1. The molecule has 1 rings (SSSR count). The number of phenolic OH excluding ortho intramolecular Hbond substituents is 2. The van der Waals surface area contributed by atoms with Gasteiger partial charge in [-0.15, -0.1) is 0 Å². The fraction of sp³-hybridized carbons (Fsp3) is 0.727. The predicted octanol–water partition coefficient (Wildman–Crippen LogP) is 6.62. The summed E-state index contributed by atoms with van der Waals surface area (Å²) in [7, 11) is 0. The van der Waals surface area contributed by atoms with Gasteiger partial charge >= 0.3 is 0 Å². The van der Waals surface area contributed by atoms with E-state index in [0.717, 1.165) is 55.1 Å². The summed E-state index contributed by atoms with van der Waals surface area (Å²) >= 11 is 0. The maximum Gasteiger partial charge on any atom is 0.125 e. The summed E-state index contributed by atoms with van der Waals surface area (Å²) in [5, 5.41) is 20.6. The van der Waals surface area contributed by atoms with Crippen molar-refractivity contribution in [2.75, 3.05) is 0 Å². The van der Waals surface area contributed by atoms with Crippen molar-refractivity contribution in [3.8, 4) is 11.5 Å². The Morgan fingerprint density at radius 3 is 1.79 bits per heavy atom. The van der Waals surface area contributed by atoms with Crippen LogP contribution in [0.3, 0.4) is 0 Å². The molecule has 0 unspecified atom stereocenters. The van der Waals surface area contributed by atoms with Crippen molar-refractivity contribution in [3.63, 3.8) is 0 Å². The molecule has 2 heteroatoms. The lowest BCUT2D eigenvalue weighted by Gasteiger charge is -2.12. The highest BCUT2D eigenvalue weighted by atomic mass is 16.3. The van der Waals surface area contributed by atoms with Crippen molar-refractivity contribution in [2.24, 2.45) is 11.8 Å². The van der Waals surface area contributed by atoms with Crippen molar-refractivity contribution in [2.45, 2.75) is 91.9 Å². The van der Waals surface area contributed by atoms with E-state index in [1.54, 1.807) is 6.07 Å². The second kappa shape index (κ2) is 11.4. The van der Waals surface area contributed by atoms with Crippen molar-refractivity contribution in [1.82, 2.24) is 0 Å². The minimum atomic E-state index is 0.250. The number of aromatic hydroxyl groups is 2. The highest BCUT2D eigenvalue weighted by Gasteiger charge is 2.12. The van der Waals surface area contributed by atoms with Gasteiger partial charge in [0.25, 0.3) is 0 Å². The van der Waals surface area contributed by atoms with Crippen LogP contribution in [0.15, 0.2) is 12.1 Å². The zero-order valence-corrected chi connectivity index (χ0v) is 16.3. The van der Waals surface area contributed by atoms with Gasteiger partial charge in [-0.05, 0) is 49.1 Å². The van der Waals surface area contributed by atoms with Crippen molar-refractivity contribution >= 4 is 0 Å². The van der Waals surface area contributed by atoms with Gasteiger partial charge in [0.15, 0.2) is 0 Å². The van der Waals surface area contributed by atoms with Crippen molar-refractivity contribution < 1.29 is 10.2 Å². The quantitative estimate of drug-likeness (QED) is 0.422. The minimum Gasteiger partial charge on any atom is -0.508 e. The second-order valence-corrected chi connectivity index (χ2v) is 8.06. The van der Waals surface area contributed by atoms with Crippen LogP contribution in [0.2, 0.25) is 0 Å². The Kier molecular flexibility index (Phi) is 9.90. The number of unbranched alkanes of at least 4 members (excludes halogenated alkanes) is 4. The maximum atomic E-state index is 10.5.